The Kier molecular flexibility index (Phi) is 7.43. The molecule has 0 aliphatic carbocycles. The van der Waals surface area contributed by atoms with E-state index in [4.69, 9.17) is 4.74 Å². The predicted molar refractivity (Wildman–Crippen MR) is 131 cm³/mol. The molecule has 1 saturated heterocycles. The minimum atomic E-state index is -0.885. The van der Waals surface area contributed by atoms with Crippen LogP contribution in [0.3, 0.4) is 0 Å². The molecule has 1 aliphatic heterocycles. The number of nitro benzene ring substituents is 1. The Morgan fingerprint density at radius 3 is 2.44 bits per heavy atom. The van der Waals surface area contributed by atoms with Gasteiger partial charge in [0.25, 0.3) is 17.4 Å². The monoisotopic (exact) mass is 490 g/mol. The number of amides is 1. The molecule has 36 heavy (non-hydrogen) atoms. The van der Waals surface area contributed by atoms with Gasteiger partial charge in [0.1, 0.15) is 11.5 Å². The molecule has 1 unspecified atom stereocenters. The largest absolute Gasteiger partial charge is 0.507 e. The summed E-state index contributed by atoms with van der Waals surface area (Å²) >= 11 is 0. The van der Waals surface area contributed by atoms with Crippen LogP contribution in [0.1, 0.15) is 36.9 Å². The van der Waals surface area contributed by atoms with Gasteiger partial charge in [0.2, 0.25) is 0 Å². The number of ketones is 1. The number of hydrogen-bond acceptors (Lipinski definition) is 7. The van der Waals surface area contributed by atoms with Gasteiger partial charge in [0.05, 0.1) is 29.5 Å². The SMILES string of the molecule is CCCOc1ccc(C(O)=C2C(=O)C(=O)N(CCCn3ccnc3)C2c2ccc([N+](=O)[O-])cc2)cc1. The van der Waals surface area contributed by atoms with Crippen LogP contribution in [-0.4, -0.2) is 49.3 Å². The number of carbonyl (C=O) groups is 2. The summed E-state index contributed by atoms with van der Waals surface area (Å²) in [4.78, 5) is 42.2. The van der Waals surface area contributed by atoms with Gasteiger partial charge >= 0.3 is 0 Å². The molecule has 1 atom stereocenters. The van der Waals surface area contributed by atoms with Gasteiger partial charge in [-0.1, -0.05) is 6.92 Å². The molecule has 0 radical (unpaired) electrons. The van der Waals surface area contributed by atoms with Crippen molar-refractivity contribution in [3.05, 3.63) is 94.1 Å². The number of aromatic nitrogens is 2. The van der Waals surface area contributed by atoms with Crippen molar-refractivity contribution in [2.75, 3.05) is 13.2 Å². The van der Waals surface area contributed by atoms with E-state index in [1.807, 2.05) is 11.5 Å². The Bertz CT molecular complexity index is 1270. The number of non-ortho nitro benzene ring substituents is 1. The third-order valence-corrected chi connectivity index (χ3v) is 5.93. The van der Waals surface area contributed by atoms with E-state index in [9.17, 15) is 24.8 Å². The number of likely N-dealkylation sites (tertiary alicyclic amines) is 1. The molecule has 186 valence electrons. The molecule has 3 aromatic rings. The highest BCUT2D eigenvalue weighted by Crippen LogP contribution is 2.40. The first-order chi connectivity index (χ1) is 17.4. The van der Waals surface area contributed by atoms with Gasteiger partial charge in [0.15, 0.2) is 0 Å². The fourth-order valence-electron chi connectivity index (χ4n) is 4.16. The van der Waals surface area contributed by atoms with Gasteiger partial charge in [0, 0.05) is 43.2 Å². The molecule has 2 aromatic carbocycles. The first kappa shape index (κ1) is 24.6. The van der Waals surface area contributed by atoms with E-state index < -0.39 is 22.7 Å². The molecular weight excluding hydrogens is 464 g/mol. The van der Waals surface area contributed by atoms with Crippen molar-refractivity contribution >= 4 is 23.1 Å². The molecule has 10 heteroatoms. The lowest BCUT2D eigenvalue weighted by Gasteiger charge is -2.25. The zero-order valence-corrected chi connectivity index (χ0v) is 19.7. The van der Waals surface area contributed by atoms with Crippen molar-refractivity contribution in [2.45, 2.75) is 32.4 Å². The summed E-state index contributed by atoms with van der Waals surface area (Å²) in [5, 5.41) is 22.3. The number of aliphatic hydroxyl groups excluding tert-OH is 1. The van der Waals surface area contributed by atoms with Crippen molar-refractivity contribution in [1.82, 2.24) is 14.5 Å². The number of rotatable bonds is 10. The highest BCUT2D eigenvalue weighted by atomic mass is 16.6. The number of imidazole rings is 1. The zero-order valence-electron chi connectivity index (χ0n) is 19.7. The molecule has 4 rings (SSSR count). The third-order valence-electron chi connectivity index (χ3n) is 5.93. The number of hydrogen-bond donors (Lipinski definition) is 1. The number of carbonyl (C=O) groups excluding carboxylic acids is 2. The average Bonchev–Trinajstić information content (AvgIpc) is 3.50. The molecule has 0 bridgehead atoms. The first-order valence-corrected chi connectivity index (χ1v) is 11.6. The molecule has 0 saturated carbocycles. The summed E-state index contributed by atoms with van der Waals surface area (Å²) in [7, 11) is 0. The Balaban J connectivity index is 1.70. The van der Waals surface area contributed by atoms with Crippen molar-refractivity contribution < 1.29 is 24.4 Å². The van der Waals surface area contributed by atoms with Crippen LogP contribution in [0.4, 0.5) is 5.69 Å². The highest BCUT2D eigenvalue weighted by Gasteiger charge is 2.45. The molecule has 1 fully saturated rings. The van der Waals surface area contributed by atoms with Crippen LogP contribution < -0.4 is 4.74 Å². The summed E-state index contributed by atoms with van der Waals surface area (Å²) in [6, 6.07) is 11.4. The van der Waals surface area contributed by atoms with Gasteiger partial charge in [-0.25, -0.2) is 4.98 Å². The number of aryl methyl sites for hydroxylation is 1. The minimum absolute atomic E-state index is 0.0567. The Morgan fingerprint density at radius 2 is 1.83 bits per heavy atom. The van der Waals surface area contributed by atoms with E-state index in [0.29, 0.717) is 36.4 Å². The lowest BCUT2D eigenvalue weighted by Crippen LogP contribution is -2.31. The lowest BCUT2D eigenvalue weighted by atomic mass is 9.95. The number of ether oxygens (including phenoxy) is 1. The number of nitro groups is 1. The van der Waals surface area contributed by atoms with E-state index in [1.165, 1.54) is 29.2 Å². The second kappa shape index (κ2) is 10.9. The summed E-state index contributed by atoms with van der Waals surface area (Å²) < 4.78 is 7.44. The smallest absolute Gasteiger partial charge is 0.295 e. The van der Waals surface area contributed by atoms with Crippen LogP contribution in [0.2, 0.25) is 0 Å². The van der Waals surface area contributed by atoms with E-state index in [2.05, 4.69) is 4.98 Å². The first-order valence-electron chi connectivity index (χ1n) is 11.6. The molecule has 1 aliphatic rings. The molecule has 10 nitrogen and oxygen atoms in total. The van der Waals surface area contributed by atoms with Crippen molar-refractivity contribution in [2.24, 2.45) is 0 Å². The van der Waals surface area contributed by atoms with Crippen molar-refractivity contribution in [3.8, 4) is 5.75 Å². The molecule has 1 aromatic heterocycles. The standard InChI is InChI=1S/C26H26N4O6/c1-2-16-36-21-10-6-19(7-11-21)24(31)22-23(18-4-8-20(9-5-18)30(34)35)29(26(33)25(22)32)14-3-13-28-15-12-27-17-28/h4-12,15,17,23,31H,2-3,13-14,16H2,1H3. The Labute approximate surface area is 207 Å². The van der Waals surface area contributed by atoms with Crippen LogP contribution in [0.15, 0.2) is 72.8 Å². The Hall–Kier alpha value is -4.47. The number of aliphatic hydroxyl groups is 1. The van der Waals surface area contributed by atoms with E-state index in [1.54, 1.807) is 43.0 Å². The summed E-state index contributed by atoms with van der Waals surface area (Å²) in [6.07, 6.45) is 6.50. The highest BCUT2D eigenvalue weighted by molar-refractivity contribution is 6.46. The topological polar surface area (TPSA) is 128 Å². The number of nitrogens with zero attached hydrogens (tertiary/aromatic N) is 4. The van der Waals surface area contributed by atoms with Gasteiger partial charge < -0.3 is 19.3 Å². The molecule has 1 amide bonds. The normalized spacial score (nSPS) is 16.9. The van der Waals surface area contributed by atoms with Gasteiger partial charge in [-0.15, -0.1) is 0 Å². The number of benzene rings is 2. The second-order valence-electron chi connectivity index (χ2n) is 8.37. The van der Waals surface area contributed by atoms with Gasteiger partial charge in [-0.2, -0.15) is 0 Å². The minimum Gasteiger partial charge on any atom is -0.507 e. The molecular formula is C26H26N4O6. The van der Waals surface area contributed by atoms with Gasteiger partial charge in [-0.05, 0) is 54.8 Å². The van der Waals surface area contributed by atoms with Crippen LogP contribution in [0.25, 0.3) is 5.76 Å². The second-order valence-corrected chi connectivity index (χ2v) is 8.37. The third kappa shape index (κ3) is 5.12. The zero-order chi connectivity index (χ0) is 25.7. The van der Waals surface area contributed by atoms with E-state index in [0.717, 1.165) is 6.42 Å². The molecule has 0 spiro atoms. The summed E-state index contributed by atoms with van der Waals surface area (Å²) in [5.74, 6) is -1.21. The van der Waals surface area contributed by atoms with Crippen molar-refractivity contribution in [3.63, 3.8) is 0 Å². The van der Waals surface area contributed by atoms with E-state index >= 15 is 0 Å². The Morgan fingerprint density at radius 1 is 1.11 bits per heavy atom. The van der Waals surface area contributed by atoms with Crippen LogP contribution >= 0.6 is 0 Å². The van der Waals surface area contributed by atoms with Crippen LogP contribution in [-0.2, 0) is 16.1 Å². The van der Waals surface area contributed by atoms with Gasteiger partial charge in [-0.3, -0.25) is 19.7 Å². The van der Waals surface area contributed by atoms with E-state index in [-0.39, 0.29) is 23.6 Å². The summed E-state index contributed by atoms with van der Waals surface area (Å²) in [5.41, 5.74) is 0.686. The van der Waals surface area contributed by atoms with Crippen LogP contribution in [0, 0.1) is 10.1 Å². The average molecular weight is 491 g/mol. The maximum atomic E-state index is 13.1. The number of Topliss-reactive ketones (excluding diaryl/α,β-unsaturated/α-hetero) is 1. The maximum absolute atomic E-state index is 13.1. The molecule has 1 N–H and O–H groups in total. The fourth-order valence-corrected chi connectivity index (χ4v) is 4.16. The fraction of sp³-hybridized carbons (Fsp3) is 0.269. The van der Waals surface area contributed by atoms with Crippen molar-refractivity contribution in [1.29, 1.82) is 0 Å². The lowest BCUT2D eigenvalue weighted by molar-refractivity contribution is -0.384. The predicted octanol–water partition coefficient (Wildman–Crippen LogP) is 4.09. The quantitative estimate of drug-likeness (QED) is 0.149. The van der Waals surface area contributed by atoms with Crippen LogP contribution in [0.5, 0.6) is 5.75 Å². The summed E-state index contributed by atoms with van der Waals surface area (Å²) in [6.45, 7) is 3.36. The molecule has 2 heterocycles. The maximum Gasteiger partial charge on any atom is 0.295 e.